The van der Waals surface area contributed by atoms with Crippen molar-refractivity contribution in [3.8, 4) is 0 Å². The summed E-state index contributed by atoms with van der Waals surface area (Å²) in [6.45, 7) is 0. The minimum atomic E-state index is -1.03. The minimum Gasteiger partial charge on any atom is -0.478 e. The van der Waals surface area contributed by atoms with Gasteiger partial charge in [0.1, 0.15) is 11.6 Å². The van der Waals surface area contributed by atoms with Crippen LogP contribution in [0.15, 0.2) is 42.5 Å². The maximum atomic E-state index is 13.3. The first-order valence-corrected chi connectivity index (χ1v) is 5.12. The molecule has 2 aromatic rings. The van der Waals surface area contributed by atoms with E-state index in [1.165, 1.54) is 30.3 Å². The molecule has 0 radical (unpaired) electrons. The van der Waals surface area contributed by atoms with E-state index in [0.29, 0.717) is 5.69 Å². The molecular formula is C13H9F2NO2. The van der Waals surface area contributed by atoms with Crippen molar-refractivity contribution >= 4 is 17.3 Å². The monoisotopic (exact) mass is 249 g/mol. The number of aromatic carboxylic acids is 1. The highest BCUT2D eigenvalue weighted by molar-refractivity contribution is 5.88. The van der Waals surface area contributed by atoms with Gasteiger partial charge in [-0.15, -0.1) is 0 Å². The fourth-order valence-corrected chi connectivity index (χ4v) is 1.44. The second kappa shape index (κ2) is 4.83. The van der Waals surface area contributed by atoms with Crippen molar-refractivity contribution in [3.05, 3.63) is 59.7 Å². The van der Waals surface area contributed by atoms with Gasteiger partial charge in [-0.25, -0.2) is 13.6 Å². The van der Waals surface area contributed by atoms with Gasteiger partial charge in [0.25, 0.3) is 0 Å². The Hall–Kier alpha value is -2.43. The minimum absolute atomic E-state index is 0.125. The lowest BCUT2D eigenvalue weighted by atomic mass is 10.2. The smallest absolute Gasteiger partial charge is 0.335 e. The number of hydrogen-bond acceptors (Lipinski definition) is 2. The van der Waals surface area contributed by atoms with Crippen molar-refractivity contribution in [2.24, 2.45) is 0 Å². The lowest BCUT2D eigenvalue weighted by molar-refractivity contribution is 0.0697. The average Bonchev–Trinajstić information content (AvgIpc) is 2.33. The second-order valence-corrected chi connectivity index (χ2v) is 3.63. The molecule has 0 atom stereocenters. The molecule has 0 amide bonds. The number of halogens is 2. The van der Waals surface area contributed by atoms with E-state index >= 15 is 0 Å². The van der Waals surface area contributed by atoms with Gasteiger partial charge in [0.05, 0.1) is 11.3 Å². The highest BCUT2D eigenvalue weighted by atomic mass is 19.1. The van der Waals surface area contributed by atoms with Gasteiger partial charge in [0.15, 0.2) is 0 Å². The summed E-state index contributed by atoms with van der Waals surface area (Å²) in [6, 6.07) is 8.98. The van der Waals surface area contributed by atoms with Crippen LogP contribution < -0.4 is 5.32 Å². The highest BCUT2D eigenvalue weighted by Crippen LogP contribution is 2.20. The number of anilines is 2. The summed E-state index contributed by atoms with van der Waals surface area (Å²) >= 11 is 0. The van der Waals surface area contributed by atoms with Crippen molar-refractivity contribution in [1.82, 2.24) is 0 Å². The molecule has 2 rings (SSSR count). The van der Waals surface area contributed by atoms with Crippen LogP contribution in [0, 0.1) is 11.6 Å². The van der Waals surface area contributed by atoms with E-state index in [4.69, 9.17) is 5.11 Å². The molecule has 0 fully saturated rings. The van der Waals surface area contributed by atoms with E-state index in [0.717, 1.165) is 12.1 Å². The second-order valence-electron chi connectivity index (χ2n) is 3.63. The fraction of sp³-hybridized carbons (Fsp3) is 0. The molecule has 2 N–H and O–H groups in total. The third kappa shape index (κ3) is 2.63. The number of hydrogen-bond donors (Lipinski definition) is 2. The summed E-state index contributed by atoms with van der Waals surface area (Å²) in [6.07, 6.45) is 0. The summed E-state index contributed by atoms with van der Waals surface area (Å²) in [7, 11) is 0. The Morgan fingerprint density at radius 2 is 1.72 bits per heavy atom. The standard InChI is InChI=1S/C13H9F2NO2/c14-9-3-6-12(11(15)7-9)16-10-4-1-8(2-5-10)13(17)18/h1-7,16H,(H,17,18). The molecule has 2 aromatic carbocycles. The molecule has 0 aliphatic rings. The largest absolute Gasteiger partial charge is 0.478 e. The first kappa shape index (κ1) is 12.0. The van der Waals surface area contributed by atoms with Crippen molar-refractivity contribution in [3.63, 3.8) is 0 Å². The van der Waals surface area contributed by atoms with Crippen LogP contribution in [0.3, 0.4) is 0 Å². The molecule has 0 saturated heterocycles. The van der Waals surface area contributed by atoms with Crippen LogP contribution in [0.5, 0.6) is 0 Å². The molecule has 0 heterocycles. The van der Waals surface area contributed by atoms with Crippen molar-refractivity contribution in [2.75, 3.05) is 5.32 Å². The predicted molar refractivity (Wildman–Crippen MR) is 63.0 cm³/mol. The zero-order chi connectivity index (χ0) is 13.1. The maximum absolute atomic E-state index is 13.3. The number of carboxylic acid groups (broad SMARTS) is 1. The van der Waals surface area contributed by atoms with Gasteiger partial charge in [-0.05, 0) is 36.4 Å². The number of rotatable bonds is 3. The van der Waals surface area contributed by atoms with Crippen molar-refractivity contribution < 1.29 is 18.7 Å². The molecule has 5 heteroatoms. The van der Waals surface area contributed by atoms with Crippen LogP contribution in [0.25, 0.3) is 0 Å². The molecule has 0 saturated carbocycles. The lowest BCUT2D eigenvalue weighted by Gasteiger charge is -2.07. The molecule has 0 aliphatic heterocycles. The first-order chi connectivity index (χ1) is 8.56. The zero-order valence-corrected chi connectivity index (χ0v) is 9.15. The number of carboxylic acids is 1. The highest BCUT2D eigenvalue weighted by Gasteiger charge is 2.05. The van der Waals surface area contributed by atoms with Gasteiger partial charge in [0.2, 0.25) is 0 Å². The predicted octanol–water partition coefficient (Wildman–Crippen LogP) is 3.41. The Balaban J connectivity index is 2.21. The third-order valence-electron chi connectivity index (χ3n) is 2.34. The lowest BCUT2D eigenvalue weighted by Crippen LogP contribution is -1.97. The molecule has 0 aromatic heterocycles. The summed E-state index contributed by atoms with van der Waals surface area (Å²) in [5, 5.41) is 11.4. The Bertz CT molecular complexity index is 582. The Morgan fingerprint density at radius 1 is 1.06 bits per heavy atom. The Morgan fingerprint density at radius 3 is 2.28 bits per heavy atom. The Labute approximate surface area is 102 Å². The number of carbonyl (C=O) groups is 1. The topological polar surface area (TPSA) is 49.3 Å². The van der Waals surface area contributed by atoms with Gasteiger partial charge >= 0.3 is 5.97 Å². The summed E-state index contributed by atoms with van der Waals surface area (Å²) < 4.78 is 26.0. The molecule has 3 nitrogen and oxygen atoms in total. The third-order valence-corrected chi connectivity index (χ3v) is 2.34. The van der Waals surface area contributed by atoms with Gasteiger partial charge in [-0.3, -0.25) is 0 Å². The van der Waals surface area contributed by atoms with Crippen LogP contribution in [0.4, 0.5) is 20.2 Å². The van der Waals surface area contributed by atoms with E-state index in [9.17, 15) is 13.6 Å². The van der Waals surface area contributed by atoms with E-state index in [2.05, 4.69) is 5.32 Å². The maximum Gasteiger partial charge on any atom is 0.335 e. The molecule has 0 spiro atoms. The number of nitrogens with one attached hydrogen (secondary N) is 1. The average molecular weight is 249 g/mol. The van der Waals surface area contributed by atoms with Gasteiger partial charge in [0, 0.05) is 11.8 Å². The van der Waals surface area contributed by atoms with E-state index in [1.54, 1.807) is 0 Å². The summed E-state index contributed by atoms with van der Waals surface area (Å²) in [5.41, 5.74) is 0.783. The van der Waals surface area contributed by atoms with Crippen LogP contribution in [-0.2, 0) is 0 Å². The quantitative estimate of drug-likeness (QED) is 0.876. The molecular weight excluding hydrogens is 240 g/mol. The van der Waals surface area contributed by atoms with Crippen LogP contribution in [-0.4, -0.2) is 11.1 Å². The van der Waals surface area contributed by atoms with Gasteiger partial charge in [-0.2, -0.15) is 0 Å². The van der Waals surface area contributed by atoms with Crippen LogP contribution >= 0.6 is 0 Å². The van der Waals surface area contributed by atoms with E-state index < -0.39 is 17.6 Å². The first-order valence-electron chi connectivity index (χ1n) is 5.12. The summed E-state index contributed by atoms with van der Waals surface area (Å²) in [4.78, 5) is 10.6. The van der Waals surface area contributed by atoms with Gasteiger partial charge < -0.3 is 10.4 Å². The molecule has 0 unspecified atom stereocenters. The van der Waals surface area contributed by atoms with Crippen molar-refractivity contribution in [1.29, 1.82) is 0 Å². The van der Waals surface area contributed by atoms with Crippen molar-refractivity contribution in [2.45, 2.75) is 0 Å². The molecule has 18 heavy (non-hydrogen) atoms. The number of benzene rings is 2. The van der Waals surface area contributed by atoms with Gasteiger partial charge in [-0.1, -0.05) is 0 Å². The van der Waals surface area contributed by atoms with E-state index in [1.807, 2.05) is 0 Å². The zero-order valence-electron chi connectivity index (χ0n) is 9.15. The van der Waals surface area contributed by atoms with Crippen LogP contribution in [0.2, 0.25) is 0 Å². The van der Waals surface area contributed by atoms with Crippen LogP contribution in [0.1, 0.15) is 10.4 Å². The molecule has 92 valence electrons. The normalized spacial score (nSPS) is 10.1. The SMILES string of the molecule is O=C(O)c1ccc(Nc2ccc(F)cc2F)cc1. The molecule has 0 bridgehead atoms. The summed E-state index contributed by atoms with van der Waals surface area (Å²) in [5.74, 6) is -2.40. The fourth-order valence-electron chi connectivity index (χ4n) is 1.44. The molecule has 0 aliphatic carbocycles. The Kier molecular flexibility index (Phi) is 3.23. The van der Waals surface area contributed by atoms with E-state index in [-0.39, 0.29) is 11.3 Å².